The summed E-state index contributed by atoms with van der Waals surface area (Å²) in [5, 5.41) is 8.90. The third-order valence-electron chi connectivity index (χ3n) is 4.17. The van der Waals surface area contributed by atoms with Crippen LogP contribution in [0, 0.1) is 17.8 Å². The zero-order chi connectivity index (χ0) is 12.7. The lowest BCUT2D eigenvalue weighted by atomic mass is 10.1. The Balaban J connectivity index is 1.59. The minimum Gasteiger partial charge on any atom is -0.481 e. The number of hydrogen-bond donors (Lipinski definition) is 1. The van der Waals surface area contributed by atoms with Gasteiger partial charge in [0.25, 0.3) is 0 Å². The van der Waals surface area contributed by atoms with Gasteiger partial charge < -0.3 is 14.7 Å². The molecule has 1 aliphatic heterocycles. The Morgan fingerprint density at radius 2 is 2.00 bits per heavy atom. The summed E-state index contributed by atoms with van der Waals surface area (Å²) in [5.74, 6) is -1.01. The molecule has 5 nitrogen and oxygen atoms in total. The summed E-state index contributed by atoms with van der Waals surface area (Å²) in [7, 11) is 0. The smallest absolute Gasteiger partial charge is 0.307 e. The van der Waals surface area contributed by atoms with Crippen LogP contribution in [0.15, 0.2) is 0 Å². The molecule has 0 aromatic carbocycles. The number of carboxylic acid groups (broad SMARTS) is 1. The molecule has 5 heteroatoms. The molecule has 1 N–H and O–H groups in total. The van der Waals surface area contributed by atoms with Gasteiger partial charge in [-0.05, 0) is 25.7 Å². The molecular formula is C13H19NO4. The maximum atomic E-state index is 12.3. The van der Waals surface area contributed by atoms with Crippen LogP contribution in [-0.2, 0) is 14.3 Å². The molecule has 0 aromatic rings. The van der Waals surface area contributed by atoms with Gasteiger partial charge in [-0.3, -0.25) is 9.59 Å². The number of carbonyl (C=O) groups excluding carboxylic acids is 1. The van der Waals surface area contributed by atoms with E-state index in [1.54, 1.807) is 0 Å². The lowest BCUT2D eigenvalue weighted by Gasteiger charge is -2.25. The van der Waals surface area contributed by atoms with Gasteiger partial charge in [-0.1, -0.05) is 0 Å². The first-order valence-corrected chi connectivity index (χ1v) is 6.78. The maximum absolute atomic E-state index is 12.3. The highest BCUT2D eigenvalue weighted by Crippen LogP contribution is 2.42. The molecule has 0 radical (unpaired) electrons. The summed E-state index contributed by atoms with van der Waals surface area (Å²) in [6.45, 7) is 2.29. The van der Waals surface area contributed by atoms with Crippen LogP contribution >= 0.6 is 0 Å². The molecule has 3 rings (SSSR count). The zero-order valence-corrected chi connectivity index (χ0v) is 10.4. The summed E-state index contributed by atoms with van der Waals surface area (Å²) < 4.78 is 5.34. The van der Waals surface area contributed by atoms with Crippen LogP contribution in [0.4, 0.5) is 0 Å². The third kappa shape index (κ3) is 2.36. The van der Waals surface area contributed by atoms with Crippen LogP contribution in [0.3, 0.4) is 0 Å². The molecule has 3 fully saturated rings. The second-order valence-electron chi connectivity index (χ2n) is 5.74. The van der Waals surface area contributed by atoms with E-state index in [-0.39, 0.29) is 11.8 Å². The van der Waals surface area contributed by atoms with Gasteiger partial charge in [-0.15, -0.1) is 0 Å². The molecule has 3 aliphatic rings. The molecule has 1 heterocycles. The molecule has 1 amide bonds. The first kappa shape index (κ1) is 12.0. The number of hydrogen-bond acceptors (Lipinski definition) is 3. The van der Waals surface area contributed by atoms with Crippen LogP contribution in [0.25, 0.3) is 0 Å². The first-order valence-electron chi connectivity index (χ1n) is 6.78. The van der Waals surface area contributed by atoms with E-state index < -0.39 is 11.9 Å². The van der Waals surface area contributed by atoms with Crippen LogP contribution in [0.5, 0.6) is 0 Å². The Labute approximate surface area is 106 Å². The molecule has 18 heavy (non-hydrogen) atoms. The van der Waals surface area contributed by atoms with Crippen LogP contribution < -0.4 is 0 Å². The minimum atomic E-state index is -0.826. The van der Waals surface area contributed by atoms with E-state index in [1.807, 2.05) is 4.90 Å². The van der Waals surface area contributed by atoms with E-state index in [4.69, 9.17) is 9.84 Å². The molecule has 2 aliphatic carbocycles. The van der Waals surface area contributed by atoms with Crippen LogP contribution in [0.2, 0.25) is 0 Å². The van der Waals surface area contributed by atoms with Crippen molar-refractivity contribution >= 4 is 11.9 Å². The highest BCUT2D eigenvalue weighted by molar-refractivity contribution is 5.89. The van der Waals surface area contributed by atoms with Gasteiger partial charge in [0.2, 0.25) is 5.91 Å². The molecule has 2 saturated carbocycles. The van der Waals surface area contributed by atoms with Crippen LogP contribution in [0.1, 0.15) is 25.7 Å². The van der Waals surface area contributed by atoms with Crippen molar-refractivity contribution in [2.24, 2.45) is 17.8 Å². The highest BCUT2D eigenvalue weighted by atomic mass is 16.5. The van der Waals surface area contributed by atoms with Crippen molar-refractivity contribution in [3.63, 3.8) is 0 Å². The Bertz CT molecular complexity index is 360. The molecule has 3 atom stereocenters. The number of carbonyl (C=O) groups is 2. The molecule has 0 bridgehead atoms. The lowest BCUT2D eigenvalue weighted by molar-refractivity contribution is -0.142. The monoisotopic (exact) mass is 253 g/mol. The van der Waals surface area contributed by atoms with Gasteiger partial charge >= 0.3 is 5.97 Å². The standard InChI is InChI=1S/C13H19NO4/c15-12(10-5-11(10)13(16)17)14(9-1-2-9)6-8-3-4-18-7-8/h8-11H,1-7H2,(H,16,17)/t8-,10-,11-/m1/s1. The van der Waals surface area contributed by atoms with Crippen molar-refractivity contribution in [2.45, 2.75) is 31.7 Å². The van der Waals surface area contributed by atoms with Crippen molar-refractivity contribution in [2.75, 3.05) is 19.8 Å². The summed E-state index contributed by atoms with van der Waals surface area (Å²) >= 11 is 0. The number of nitrogens with zero attached hydrogens (tertiary/aromatic N) is 1. The normalized spacial score (nSPS) is 34.3. The van der Waals surface area contributed by atoms with Gasteiger partial charge in [0.05, 0.1) is 18.4 Å². The van der Waals surface area contributed by atoms with E-state index in [0.29, 0.717) is 18.4 Å². The summed E-state index contributed by atoms with van der Waals surface area (Å²) in [6.07, 6.45) is 3.69. The van der Waals surface area contributed by atoms with Gasteiger partial charge in [-0.25, -0.2) is 0 Å². The lowest BCUT2D eigenvalue weighted by Crippen LogP contribution is -2.39. The van der Waals surface area contributed by atoms with E-state index in [2.05, 4.69) is 0 Å². The minimum absolute atomic E-state index is 0.0665. The predicted molar refractivity (Wildman–Crippen MR) is 62.9 cm³/mol. The van der Waals surface area contributed by atoms with E-state index in [0.717, 1.165) is 39.0 Å². The van der Waals surface area contributed by atoms with Gasteiger partial charge in [0.15, 0.2) is 0 Å². The molecule has 0 unspecified atom stereocenters. The Hall–Kier alpha value is -1.10. The highest BCUT2D eigenvalue weighted by Gasteiger charge is 2.51. The zero-order valence-electron chi connectivity index (χ0n) is 10.4. The van der Waals surface area contributed by atoms with E-state index in [9.17, 15) is 9.59 Å². The average Bonchev–Trinajstić information content (AvgIpc) is 3.24. The second-order valence-corrected chi connectivity index (χ2v) is 5.74. The van der Waals surface area contributed by atoms with E-state index >= 15 is 0 Å². The topological polar surface area (TPSA) is 66.8 Å². The first-order chi connectivity index (χ1) is 8.66. The summed E-state index contributed by atoms with van der Waals surface area (Å²) in [5.41, 5.74) is 0. The number of carboxylic acids is 1. The van der Waals surface area contributed by atoms with Crippen molar-refractivity contribution < 1.29 is 19.4 Å². The van der Waals surface area contributed by atoms with Crippen molar-refractivity contribution in [3.8, 4) is 0 Å². The van der Waals surface area contributed by atoms with Gasteiger partial charge in [0, 0.05) is 25.1 Å². The van der Waals surface area contributed by atoms with Crippen molar-refractivity contribution in [1.82, 2.24) is 4.90 Å². The quantitative estimate of drug-likeness (QED) is 0.784. The van der Waals surface area contributed by atoms with Crippen LogP contribution in [-0.4, -0.2) is 47.7 Å². The third-order valence-corrected chi connectivity index (χ3v) is 4.17. The molecule has 0 aromatic heterocycles. The van der Waals surface area contributed by atoms with E-state index in [1.165, 1.54) is 0 Å². The van der Waals surface area contributed by atoms with Gasteiger partial charge in [-0.2, -0.15) is 0 Å². The number of aliphatic carboxylic acids is 1. The Morgan fingerprint density at radius 1 is 1.22 bits per heavy atom. The molecular weight excluding hydrogens is 234 g/mol. The summed E-state index contributed by atoms with van der Waals surface area (Å²) in [4.78, 5) is 25.1. The fraction of sp³-hybridized carbons (Fsp3) is 0.846. The Morgan fingerprint density at radius 3 is 2.50 bits per heavy atom. The summed E-state index contributed by atoms with van der Waals surface area (Å²) in [6, 6.07) is 0.369. The fourth-order valence-corrected chi connectivity index (χ4v) is 2.76. The van der Waals surface area contributed by atoms with Crippen molar-refractivity contribution in [1.29, 1.82) is 0 Å². The SMILES string of the molecule is O=C(O)[C@@H]1C[C@H]1C(=O)N(C[C@H]1CCOC1)C1CC1. The number of ether oxygens (including phenoxy) is 1. The Kier molecular flexibility index (Phi) is 3.01. The second kappa shape index (κ2) is 4.53. The predicted octanol–water partition coefficient (Wildman–Crippen LogP) is 0.735. The molecule has 100 valence electrons. The van der Waals surface area contributed by atoms with Gasteiger partial charge in [0.1, 0.15) is 0 Å². The average molecular weight is 253 g/mol. The molecule has 0 spiro atoms. The van der Waals surface area contributed by atoms with Crippen molar-refractivity contribution in [3.05, 3.63) is 0 Å². The molecule has 1 saturated heterocycles. The maximum Gasteiger partial charge on any atom is 0.307 e. The number of rotatable bonds is 5. The fourth-order valence-electron chi connectivity index (χ4n) is 2.76. The largest absolute Gasteiger partial charge is 0.481 e. The number of amides is 1.